The van der Waals surface area contributed by atoms with Gasteiger partial charge in [-0.25, -0.2) is 13.8 Å². The fourth-order valence-corrected chi connectivity index (χ4v) is 3.53. The zero-order chi connectivity index (χ0) is 26.5. The van der Waals surface area contributed by atoms with Crippen molar-refractivity contribution in [2.24, 2.45) is 16.6 Å². The zero-order valence-electron chi connectivity index (χ0n) is 21.6. The molecule has 1 atom stereocenters. The Morgan fingerprint density at radius 2 is 1.69 bits per heavy atom. The lowest BCUT2D eigenvalue weighted by Gasteiger charge is -2.29. The third-order valence-corrected chi connectivity index (χ3v) is 4.97. The van der Waals surface area contributed by atoms with Crippen molar-refractivity contribution in [1.82, 2.24) is 10.2 Å². The summed E-state index contributed by atoms with van der Waals surface area (Å²) in [6.07, 6.45) is 1.01. The van der Waals surface area contributed by atoms with Crippen LogP contribution >= 0.6 is 0 Å². The van der Waals surface area contributed by atoms with Gasteiger partial charge in [-0.1, -0.05) is 53.7 Å². The molecule has 0 bridgehead atoms. The molecule has 2 amide bonds. The van der Waals surface area contributed by atoms with Crippen molar-refractivity contribution in [3.05, 3.63) is 70.8 Å². The Bertz CT molecular complexity index is 991. The van der Waals surface area contributed by atoms with Crippen LogP contribution in [0.3, 0.4) is 0 Å². The highest BCUT2D eigenvalue weighted by atomic mass is 19.1. The number of amides is 2. The molecular weight excluding hydrogens is 450 g/mol. The molecule has 0 aliphatic carbocycles. The van der Waals surface area contributed by atoms with Gasteiger partial charge in [0.1, 0.15) is 11.6 Å². The van der Waals surface area contributed by atoms with Crippen molar-refractivity contribution in [2.75, 3.05) is 0 Å². The van der Waals surface area contributed by atoms with Crippen molar-refractivity contribution < 1.29 is 18.4 Å². The van der Waals surface area contributed by atoms with E-state index in [9.17, 15) is 18.4 Å². The molecule has 1 aliphatic heterocycles. The first-order chi connectivity index (χ1) is 16.7. The minimum atomic E-state index is -0.595. The summed E-state index contributed by atoms with van der Waals surface area (Å²) in [6.45, 7) is 12.3. The molecule has 6 nitrogen and oxygen atoms in total. The van der Waals surface area contributed by atoms with E-state index in [0.29, 0.717) is 17.0 Å². The second-order valence-corrected chi connectivity index (χ2v) is 8.11. The largest absolute Gasteiger partial charge is 0.369 e. The SMILES string of the molecule is CC.CC.CC(C)CC1CC(=O)N(Cc2cc(F)cc(C(=O)NCc3ccc(F)cc3)c2)C(N)=N1. The Hall–Kier alpha value is -3.29. The van der Waals surface area contributed by atoms with Gasteiger partial charge in [0.25, 0.3) is 5.91 Å². The lowest BCUT2D eigenvalue weighted by molar-refractivity contribution is -0.129. The highest BCUT2D eigenvalue weighted by Gasteiger charge is 2.28. The number of hydrogen-bond donors (Lipinski definition) is 2. The lowest BCUT2D eigenvalue weighted by Crippen LogP contribution is -2.46. The molecule has 3 N–H and O–H groups in total. The van der Waals surface area contributed by atoms with E-state index in [4.69, 9.17) is 5.73 Å². The minimum absolute atomic E-state index is 0.0264. The number of halogens is 2. The molecule has 0 saturated carbocycles. The van der Waals surface area contributed by atoms with Crippen molar-refractivity contribution >= 4 is 17.8 Å². The number of guanidine groups is 1. The third-order valence-electron chi connectivity index (χ3n) is 4.97. The molecule has 0 radical (unpaired) electrons. The van der Waals surface area contributed by atoms with Crippen LogP contribution in [0.25, 0.3) is 0 Å². The number of nitrogens with zero attached hydrogens (tertiary/aromatic N) is 2. The van der Waals surface area contributed by atoms with Crippen molar-refractivity contribution in [1.29, 1.82) is 0 Å². The number of rotatable bonds is 7. The van der Waals surface area contributed by atoms with E-state index >= 15 is 0 Å². The first-order valence-corrected chi connectivity index (χ1v) is 12.2. The normalized spacial score (nSPS) is 14.9. The van der Waals surface area contributed by atoms with Crippen LogP contribution in [-0.2, 0) is 17.9 Å². The molecule has 2 aromatic carbocycles. The molecule has 1 unspecified atom stereocenters. The quantitative estimate of drug-likeness (QED) is 0.546. The molecular formula is C27H38F2N4O2. The van der Waals surface area contributed by atoms with Crippen LogP contribution in [0, 0.1) is 17.6 Å². The van der Waals surface area contributed by atoms with Gasteiger partial charge in [-0.15, -0.1) is 0 Å². The maximum Gasteiger partial charge on any atom is 0.251 e. The van der Waals surface area contributed by atoms with Crippen LogP contribution in [0.5, 0.6) is 0 Å². The van der Waals surface area contributed by atoms with Gasteiger partial charge in [-0.3, -0.25) is 14.5 Å². The summed E-state index contributed by atoms with van der Waals surface area (Å²) < 4.78 is 27.2. The maximum atomic E-state index is 14.2. The van der Waals surface area contributed by atoms with E-state index in [1.165, 1.54) is 29.2 Å². The average molecular weight is 489 g/mol. The van der Waals surface area contributed by atoms with Gasteiger partial charge in [0.05, 0.1) is 12.6 Å². The van der Waals surface area contributed by atoms with E-state index in [0.717, 1.165) is 12.5 Å². The molecule has 1 heterocycles. The second-order valence-electron chi connectivity index (χ2n) is 8.11. The van der Waals surface area contributed by atoms with Crippen molar-refractivity contribution in [3.63, 3.8) is 0 Å². The molecule has 192 valence electrons. The van der Waals surface area contributed by atoms with Gasteiger partial charge in [0.2, 0.25) is 5.91 Å². The number of nitrogens with two attached hydrogens (primary N) is 1. The maximum absolute atomic E-state index is 14.2. The van der Waals surface area contributed by atoms with Crippen LogP contribution in [-0.4, -0.2) is 28.7 Å². The van der Waals surface area contributed by atoms with Crippen LogP contribution in [0.1, 0.15) is 75.9 Å². The molecule has 35 heavy (non-hydrogen) atoms. The molecule has 8 heteroatoms. The van der Waals surface area contributed by atoms with Gasteiger partial charge in [-0.2, -0.15) is 0 Å². The lowest BCUT2D eigenvalue weighted by atomic mass is 10.00. The summed E-state index contributed by atoms with van der Waals surface area (Å²) >= 11 is 0. The summed E-state index contributed by atoms with van der Waals surface area (Å²) in [6, 6.07) is 9.47. The van der Waals surface area contributed by atoms with E-state index < -0.39 is 11.7 Å². The predicted molar refractivity (Wildman–Crippen MR) is 137 cm³/mol. The smallest absolute Gasteiger partial charge is 0.251 e. The number of nitrogens with one attached hydrogen (secondary N) is 1. The van der Waals surface area contributed by atoms with Gasteiger partial charge in [0.15, 0.2) is 5.96 Å². The zero-order valence-corrected chi connectivity index (χ0v) is 21.6. The van der Waals surface area contributed by atoms with Gasteiger partial charge in [-0.05, 0) is 53.8 Å². The van der Waals surface area contributed by atoms with Gasteiger partial charge >= 0.3 is 0 Å². The Morgan fingerprint density at radius 1 is 1.06 bits per heavy atom. The fourth-order valence-electron chi connectivity index (χ4n) is 3.53. The van der Waals surface area contributed by atoms with Gasteiger partial charge < -0.3 is 11.1 Å². The third kappa shape index (κ3) is 9.47. The number of benzene rings is 2. The molecule has 2 aromatic rings. The summed E-state index contributed by atoms with van der Waals surface area (Å²) in [5, 5.41) is 2.68. The second kappa shape index (κ2) is 14.9. The van der Waals surface area contributed by atoms with E-state index in [2.05, 4.69) is 24.2 Å². The first-order valence-electron chi connectivity index (χ1n) is 12.2. The summed E-state index contributed by atoms with van der Waals surface area (Å²) in [5.41, 5.74) is 7.26. The number of aliphatic imine (C=N–C) groups is 1. The predicted octanol–water partition coefficient (Wildman–Crippen LogP) is 5.41. The van der Waals surface area contributed by atoms with Crippen molar-refractivity contribution in [3.8, 4) is 0 Å². The number of carbonyl (C=O) groups is 2. The molecule has 3 rings (SSSR count). The van der Waals surface area contributed by atoms with Crippen LogP contribution in [0.2, 0.25) is 0 Å². The summed E-state index contributed by atoms with van der Waals surface area (Å²) in [4.78, 5) is 30.7. The minimum Gasteiger partial charge on any atom is -0.369 e. The standard InChI is InChI=1S/C23H26F2N4O2.2C2H6/c1-14(2)7-20-11-21(30)29(23(26)28-20)13-16-8-17(10-19(25)9-16)22(31)27-12-15-3-5-18(24)6-4-15;2*1-2/h3-6,8-10,14,20H,7,11-13H2,1-2H3,(H2,26,28)(H,27,31);2*1-2H3. The van der Waals surface area contributed by atoms with Crippen LogP contribution in [0.15, 0.2) is 47.5 Å². The molecule has 1 aliphatic rings. The Morgan fingerprint density at radius 3 is 2.26 bits per heavy atom. The Balaban J connectivity index is 0.00000145. The van der Waals surface area contributed by atoms with E-state index in [-0.39, 0.29) is 48.8 Å². The fraction of sp³-hybridized carbons (Fsp3) is 0.444. The monoisotopic (exact) mass is 488 g/mol. The van der Waals surface area contributed by atoms with Gasteiger partial charge in [0, 0.05) is 18.5 Å². The molecule has 0 saturated heterocycles. The number of carbonyl (C=O) groups excluding carboxylic acids is 2. The highest BCUT2D eigenvalue weighted by Crippen LogP contribution is 2.20. The van der Waals surface area contributed by atoms with E-state index in [1.54, 1.807) is 12.1 Å². The van der Waals surface area contributed by atoms with E-state index in [1.807, 2.05) is 27.7 Å². The Labute approximate surface area is 207 Å². The van der Waals surface area contributed by atoms with Crippen molar-refractivity contribution in [2.45, 2.75) is 73.5 Å². The highest BCUT2D eigenvalue weighted by molar-refractivity contribution is 5.98. The summed E-state index contributed by atoms with van der Waals surface area (Å²) in [5.74, 6) is -1.12. The molecule has 0 spiro atoms. The average Bonchev–Trinajstić information content (AvgIpc) is 2.83. The van der Waals surface area contributed by atoms with Crippen LogP contribution < -0.4 is 11.1 Å². The molecule has 0 aromatic heterocycles. The number of hydrogen-bond acceptors (Lipinski definition) is 4. The first kappa shape index (κ1) is 29.7. The topological polar surface area (TPSA) is 87.8 Å². The summed E-state index contributed by atoms with van der Waals surface area (Å²) in [7, 11) is 0. The Kier molecular flexibility index (Phi) is 12.6. The molecule has 0 fully saturated rings. The van der Waals surface area contributed by atoms with Crippen LogP contribution in [0.4, 0.5) is 8.78 Å².